The largest absolute Gasteiger partial charge is 0.358 e. The molecule has 3 nitrogen and oxygen atoms in total. The lowest BCUT2D eigenvalue weighted by Gasteiger charge is -2.28. The molecule has 2 N–H and O–H groups in total. The number of aromatic nitrogens is 1. The fraction of sp³-hybridized carbons (Fsp3) is 0.471. The lowest BCUT2D eigenvalue weighted by Crippen LogP contribution is -3.12. The van der Waals surface area contributed by atoms with Gasteiger partial charge in [0.1, 0.15) is 6.54 Å². The van der Waals surface area contributed by atoms with E-state index in [0.717, 1.165) is 39.1 Å². The highest BCUT2D eigenvalue weighted by atomic mass is 79.9. The molecule has 112 valence electrons. The molecule has 0 spiro atoms. The second kappa shape index (κ2) is 5.93. The van der Waals surface area contributed by atoms with Gasteiger partial charge in [-0.2, -0.15) is 0 Å². The van der Waals surface area contributed by atoms with Crippen molar-refractivity contribution in [2.45, 2.75) is 33.2 Å². The number of aryl methyl sites for hydroxylation is 1. The normalized spacial score (nSPS) is 22.6. The van der Waals surface area contributed by atoms with Gasteiger partial charge in [0, 0.05) is 27.0 Å². The van der Waals surface area contributed by atoms with Gasteiger partial charge in [0.25, 0.3) is 0 Å². The number of hydrogen-bond donors (Lipinski definition) is 2. The van der Waals surface area contributed by atoms with Crippen molar-refractivity contribution < 1.29 is 4.90 Å². The Morgan fingerprint density at radius 1 is 1.43 bits per heavy atom. The summed E-state index contributed by atoms with van der Waals surface area (Å²) < 4.78 is 0.953. The highest BCUT2D eigenvalue weighted by molar-refractivity contribution is 9.10. The van der Waals surface area contributed by atoms with Crippen molar-refractivity contribution in [3.8, 4) is 0 Å². The van der Waals surface area contributed by atoms with Crippen molar-refractivity contribution in [2.75, 3.05) is 13.1 Å². The maximum Gasteiger partial charge on any atom is 0.198 e. The number of fused-ring (bicyclic) bond motifs is 1. The Kier molecular flexibility index (Phi) is 4.18. The summed E-state index contributed by atoms with van der Waals surface area (Å²) in [6.07, 6.45) is 2.59. The van der Waals surface area contributed by atoms with E-state index in [-0.39, 0.29) is 5.43 Å². The highest BCUT2D eigenvalue weighted by Gasteiger charge is 2.22. The van der Waals surface area contributed by atoms with Crippen LogP contribution in [0.1, 0.15) is 31.0 Å². The lowest BCUT2D eigenvalue weighted by molar-refractivity contribution is -0.922. The van der Waals surface area contributed by atoms with Gasteiger partial charge in [0.05, 0.1) is 18.7 Å². The summed E-state index contributed by atoms with van der Waals surface area (Å²) in [5.41, 5.74) is 3.07. The van der Waals surface area contributed by atoms with E-state index in [4.69, 9.17) is 0 Å². The van der Waals surface area contributed by atoms with Crippen molar-refractivity contribution in [1.29, 1.82) is 0 Å². The molecule has 0 saturated carbocycles. The Balaban J connectivity index is 2.00. The third kappa shape index (κ3) is 3.06. The quantitative estimate of drug-likeness (QED) is 0.858. The van der Waals surface area contributed by atoms with Gasteiger partial charge in [-0.3, -0.25) is 4.79 Å². The summed E-state index contributed by atoms with van der Waals surface area (Å²) in [7, 11) is 0. The Bertz CT molecular complexity index is 723. The molecule has 1 unspecified atom stereocenters. The molecule has 0 bridgehead atoms. The zero-order chi connectivity index (χ0) is 15.0. The van der Waals surface area contributed by atoms with Crippen molar-refractivity contribution in [1.82, 2.24) is 4.98 Å². The molecule has 1 aromatic carbocycles. The van der Waals surface area contributed by atoms with Gasteiger partial charge in [-0.1, -0.05) is 22.9 Å². The fourth-order valence-electron chi connectivity index (χ4n) is 3.44. The summed E-state index contributed by atoms with van der Waals surface area (Å²) in [5.74, 6) is 0.766. The first kappa shape index (κ1) is 14.8. The minimum atomic E-state index is 0.188. The standard InChI is InChI=1S/C17H21BrN2O/c1-11-4-3-7-20(9-11)10-15-12(2)19-16-6-5-13(18)8-14(16)17(15)21/h5-6,8,11H,3-4,7,9-10H2,1-2H3,(H,19,21)/p+1/t11-/m0/s1. The zero-order valence-corrected chi connectivity index (χ0v) is 14.2. The number of hydrogen-bond acceptors (Lipinski definition) is 1. The van der Waals surface area contributed by atoms with Crippen LogP contribution in [0.5, 0.6) is 0 Å². The number of pyridine rings is 1. The van der Waals surface area contributed by atoms with Crippen LogP contribution in [0.3, 0.4) is 0 Å². The molecule has 21 heavy (non-hydrogen) atoms. The van der Waals surface area contributed by atoms with E-state index in [1.54, 1.807) is 0 Å². The van der Waals surface area contributed by atoms with Gasteiger partial charge in [0.15, 0.2) is 5.43 Å². The molecule has 0 aliphatic carbocycles. The van der Waals surface area contributed by atoms with E-state index in [1.807, 2.05) is 25.1 Å². The van der Waals surface area contributed by atoms with Gasteiger partial charge < -0.3 is 9.88 Å². The highest BCUT2D eigenvalue weighted by Crippen LogP contribution is 2.17. The van der Waals surface area contributed by atoms with Crippen LogP contribution in [-0.4, -0.2) is 18.1 Å². The first-order valence-corrected chi connectivity index (χ1v) is 8.48. The van der Waals surface area contributed by atoms with Crippen LogP contribution in [0.2, 0.25) is 0 Å². The molecule has 1 aromatic heterocycles. The number of piperidine rings is 1. The Hall–Kier alpha value is -1.13. The number of aromatic amines is 1. The molecule has 1 aliphatic rings. The van der Waals surface area contributed by atoms with Crippen LogP contribution in [-0.2, 0) is 6.54 Å². The summed E-state index contributed by atoms with van der Waals surface area (Å²) in [6, 6.07) is 5.85. The monoisotopic (exact) mass is 349 g/mol. The number of likely N-dealkylation sites (tertiary alicyclic amines) is 1. The fourth-order valence-corrected chi connectivity index (χ4v) is 3.81. The van der Waals surface area contributed by atoms with Crippen molar-refractivity contribution >= 4 is 26.8 Å². The second-order valence-corrected chi connectivity index (χ2v) is 7.29. The molecule has 1 fully saturated rings. The number of quaternary nitrogens is 1. The Morgan fingerprint density at radius 2 is 2.24 bits per heavy atom. The third-order valence-electron chi connectivity index (χ3n) is 4.57. The van der Waals surface area contributed by atoms with E-state index in [9.17, 15) is 4.79 Å². The third-order valence-corrected chi connectivity index (χ3v) is 5.06. The van der Waals surface area contributed by atoms with Crippen LogP contribution in [0, 0.1) is 12.8 Å². The lowest BCUT2D eigenvalue weighted by atomic mass is 9.99. The van der Waals surface area contributed by atoms with Crippen molar-refractivity contribution in [2.24, 2.45) is 5.92 Å². The molecule has 4 heteroatoms. The SMILES string of the molecule is Cc1[nH]c2ccc(Br)cc2c(=O)c1C[NH+]1CCC[C@H](C)C1. The first-order valence-electron chi connectivity index (χ1n) is 7.69. The molecular formula is C17H22BrN2O+. The van der Waals surface area contributed by atoms with E-state index in [0.29, 0.717) is 0 Å². The average Bonchev–Trinajstić information content (AvgIpc) is 2.45. The molecule has 2 atom stereocenters. The smallest absolute Gasteiger partial charge is 0.198 e. The Labute approximate surface area is 133 Å². The molecule has 3 rings (SSSR count). The van der Waals surface area contributed by atoms with Crippen LogP contribution in [0.15, 0.2) is 27.5 Å². The van der Waals surface area contributed by atoms with E-state index in [2.05, 4.69) is 27.8 Å². The minimum Gasteiger partial charge on any atom is -0.358 e. The topological polar surface area (TPSA) is 37.3 Å². The van der Waals surface area contributed by atoms with Gasteiger partial charge in [-0.15, -0.1) is 0 Å². The predicted octanol–water partition coefficient (Wildman–Crippen LogP) is 2.41. The minimum absolute atomic E-state index is 0.188. The van der Waals surface area contributed by atoms with Crippen LogP contribution >= 0.6 is 15.9 Å². The number of rotatable bonds is 2. The van der Waals surface area contributed by atoms with Crippen LogP contribution in [0.4, 0.5) is 0 Å². The van der Waals surface area contributed by atoms with E-state index in [1.165, 1.54) is 30.8 Å². The van der Waals surface area contributed by atoms with Crippen molar-refractivity contribution in [3.05, 3.63) is 44.2 Å². The van der Waals surface area contributed by atoms with E-state index < -0.39 is 0 Å². The Morgan fingerprint density at radius 3 is 3.00 bits per heavy atom. The molecule has 1 saturated heterocycles. The van der Waals surface area contributed by atoms with Gasteiger partial charge in [0.2, 0.25) is 0 Å². The maximum absolute atomic E-state index is 12.8. The summed E-state index contributed by atoms with van der Waals surface area (Å²) >= 11 is 3.46. The zero-order valence-electron chi connectivity index (χ0n) is 12.6. The van der Waals surface area contributed by atoms with Crippen LogP contribution in [0.25, 0.3) is 10.9 Å². The number of halogens is 1. The van der Waals surface area contributed by atoms with Gasteiger partial charge >= 0.3 is 0 Å². The summed E-state index contributed by atoms with van der Waals surface area (Å²) in [4.78, 5) is 17.7. The van der Waals surface area contributed by atoms with Crippen molar-refractivity contribution in [3.63, 3.8) is 0 Å². The van der Waals surface area contributed by atoms with E-state index >= 15 is 0 Å². The molecule has 0 radical (unpaired) electrons. The predicted molar refractivity (Wildman–Crippen MR) is 89.8 cm³/mol. The molecular weight excluding hydrogens is 328 g/mol. The summed E-state index contributed by atoms with van der Waals surface area (Å²) in [5, 5.41) is 0.787. The number of H-pyrrole nitrogens is 1. The first-order chi connectivity index (χ1) is 10.0. The summed E-state index contributed by atoms with van der Waals surface area (Å²) in [6.45, 7) is 7.53. The van der Waals surface area contributed by atoms with Gasteiger partial charge in [-0.05, 0) is 38.0 Å². The molecule has 2 aromatic rings. The number of benzene rings is 1. The molecule has 1 aliphatic heterocycles. The molecule has 0 amide bonds. The maximum atomic E-state index is 12.8. The van der Waals surface area contributed by atoms with Gasteiger partial charge in [-0.25, -0.2) is 0 Å². The van der Waals surface area contributed by atoms with Crippen LogP contribution < -0.4 is 10.3 Å². The average molecular weight is 350 g/mol. The molecule has 2 heterocycles. The number of nitrogens with one attached hydrogen (secondary N) is 2. The second-order valence-electron chi connectivity index (χ2n) is 6.38.